The average molecular weight is 255 g/mol. The van der Waals surface area contributed by atoms with E-state index in [1.807, 2.05) is 6.92 Å². The number of nitrogens with two attached hydrogens (primary N) is 1. The van der Waals surface area contributed by atoms with E-state index >= 15 is 0 Å². The first-order valence-electron chi connectivity index (χ1n) is 7.32. The van der Waals surface area contributed by atoms with Gasteiger partial charge in [-0.3, -0.25) is 9.69 Å². The van der Waals surface area contributed by atoms with Crippen molar-refractivity contribution in [1.82, 2.24) is 10.2 Å². The fourth-order valence-electron chi connectivity index (χ4n) is 2.77. The maximum Gasteiger partial charge on any atom is 0.237 e. The van der Waals surface area contributed by atoms with Gasteiger partial charge in [0.15, 0.2) is 0 Å². The lowest BCUT2D eigenvalue weighted by molar-refractivity contribution is -0.127. The first kappa shape index (κ1) is 15.4. The summed E-state index contributed by atoms with van der Waals surface area (Å²) in [5, 5.41) is 3.19. The summed E-state index contributed by atoms with van der Waals surface area (Å²) in [4.78, 5) is 14.4. The van der Waals surface area contributed by atoms with Crippen molar-refractivity contribution in [3.8, 4) is 0 Å². The zero-order chi connectivity index (χ0) is 13.5. The smallest absolute Gasteiger partial charge is 0.237 e. The van der Waals surface area contributed by atoms with Crippen molar-refractivity contribution in [3.05, 3.63) is 0 Å². The van der Waals surface area contributed by atoms with Crippen molar-refractivity contribution < 1.29 is 4.79 Å². The highest BCUT2D eigenvalue weighted by atomic mass is 16.2. The van der Waals surface area contributed by atoms with Crippen LogP contribution in [-0.2, 0) is 4.79 Å². The van der Waals surface area contributed by atoms with Crippen molar-refractivity contribution in [2.75, 3.05) is 13.1 Å². The van der Waals surface area contributed by atoms with Gasteiger partial charge in [0.05, 0.1) is 6.04 Å². The van der Waals surface area contributed by atoms with Crippen LogP contribution in [0.15, 0.2) is 0 Å². The molecule has 0 bridgehead atoms. The van der Waals surface area contributed by atoms with Gasteiger partial charge in [-0.1, -0.05) is 19.3 Å². The number of amides is 1. The minimum atomic E-state index is -0.0875. The molecule has 0 aromatic rings. The molecular formula is C14H29N3O. The molecule has 1 unspecified atom stereocenters. The zero-order valence-corrected chi connectivity index (χ0v) is 12.1. The van der Waals surface area contributed by atoms with Crippen LogP contribution in [0.1, 0.15) is 52.9 Å². The van der Waals surface area contributed by atoms with Crippen molar-refractivity contribution in [2.24, 2.45) is 5.73 Å². The monoisotopic (exact) mass is 255 g/mol. The van der Waals surface area contributed by atoms with Crippen molar-refractivity contribution in [1.29, 1.82) is 0 Å². The maximum atomic E-state index is 12.2. The second-order valence-electron chi connectivity index (χ2n) is 5.64. The van der Waals surface area contributed by atoms with Crippen LogP contribution in [0.5, 0.6) is 0 Å². The number of carbonyl (C=O) groups is 1. The number of nitrogens with zero attached hydrogens (tertiary/aromatic N) is 1. The predicted molar refractivity (Wildman–Crippen MR) is 75.4 cm³/mol. The van der Waals surface area contributed by atoms with Gasteiger partial charge in [-0.25, -0.2) is 0 Å². The summed E-state index contributed by atoms with van der Waals surface area (Å²) in [5.74, 6) is 0.157. The molecular weight excluding hydrogens is 226 g/mol. The molecule has 106 valence electrons. The molecule has 0 radical (unpaired) electrons. The molecule has 1 atom stereocenters. The predicted octanol–water partition coefficient (Wildman–Crippen LogP) is 1.49. The molecule has 0 saturated heterocycles. The Balaban J connectivity index is 2.47. The Hall–Kier alpha value is -0.610. The minimum absolute atomic E-state index is 0.0875. The van der Waals surface area contributed by atoms with Gasteiger partial charge < -0.3 is 11.1 Å². The van der Waals surface area contributed by atoms with E-state index < -0.39 is 0 Å². The van der Waals surface area contributed by atoms with E-state index in [1.165, 1.54) is 19.3 Å². The van der Waals surface area contributed by atoms with Gasteiger partial charge >= 0.3 is 0 Å². The lowest BCUT2D eigenvalue weighted by Gasteiger charge is -2.33. The lowest BCUT2D eigenvalue weighted by atomic mass is 9.95. The van der Waals surface area contributed by atoms with Crippen LogP contribution in [0, 0.1) is 0 Å². The number of rotatable bonds is 6. The van der Waals surface area contributed by atoms with Crippen LogP contribution >= 0.6 is 0 Å². The van der Waals surface area contributed by atoms with Gasteiger partial charge in [-0.2, -0.15) is 0 Å². The molecule has 1 rings (SSSR count). The maximum absolute atomic E-state index is 12.2. The van der Waals surface area contributed by atoms with E-state index in [0.717, 1.165) is 19.4 Å². The molecule has 0 aromatic heterocycles. The highest BCUT2D eigenvalue weighted by Gasteiger charge is 2.25. The molecule has 18 heavy (non-hydrogen) atoms. The van der Waals surface area contributed by atoms with Crippen LogP contribution in [0.25, 0.3) is 0 Å². The Labute approximate surface area is 111 Å². The average Bonchev–Trinajstić information content (AvgIpc) is 2.36. The minimum Gasteiger partial charge on any atom is -0.352 e. The molecule has 1 fully saturated rings. The van der Waals surface area contributed by atoms with E-state index in [2.05, 4.69) is 24.1 Å². The third kappa shape index (κ3) is 4.58. The van der Waals surface area contributed by atoms with E-state index in [4.69, 9.17) is 5.73 Å². The molecule has 0 heterocycles. The molecule has 1 aliphatic rings. The second-order valence-corrected chi connectivity index (χ2v) is 5.64. The third-order valence-electron chi connectivity index (χ3n) is 3.88. The highest BCUT2D eigenvalue weighted by molar-refractivity contribution is 5.81. The highest BCUT2D eigenvalue weighted by Crippen LogP contribution is 2.17. The molecule has 1 saturated carbocycles. The molecule has 1 amide bonds. The normalized spacial score (nSPS) is 19.2. The van der Waals surface area contributed by atoms with Crippen LogP contribution in [0.3, 0.4) is 0 Å². The molecule has 3 N–H and O–H groups in total. The zero-order valence-electron chi connectivity index (χ0n) is 12.1. The molecule has 4 heteroatoms. The van der Waals surface area contributed by atoms with Crippen molar-refractivity contribution in [2.45, 2.75) is 71.0 Å². The Morgan fingerprint density at radius 1 is 1.28 bits per heavy atom. The van der Waals surface area contributed by atoms with Crippen LogP contribution in [0.4, 0.5) is 0 Å². The van der Waals surface area contributed by atoms with Crippen molar-refractivity contribution in [3.63, 3.8) is 0 Å². The summed E-state index contributed by atoms with van der Waals surface area (Å²) in [7, 11) is 0. The number of nitrogens with one attached hydrogen (secondary N) is 1. The summed E-state index contributed by atoms with van der Waals surface area (Å²) >= 11 is 0. The quantitative estimate of drug-likeness (QED) is 0.756. The molecule has 1 aliphatic carbocycles. The van der Waals surface area contributed by atoms with E-state index in [9.17, 15) is 4.79 Å². The van der Waals surface area contributed by atoms with Gasteiger partial charge in [-0.05, 0) is 33.6 Å². The number of carbonyl (C=O) groups excluding carboxylic acids is 1. The fourth-order valence-corrected chi connectivity index (χ4v) is 2.77. The van der Waals surface area contributed by atoms with Gasteiger partial charge in [0, 0.05) is 25.2 Å². The Morgan fingerprint density at radius 2 is 1.89 bits per heavy atom. The molecule has 0 aromatic carbocycles. The molecule has 0 aliphatic heterocycles. The fraction of sp³-hybridized carbons (Fsp3) is 0.929. The Bertz CT molecular complexity index is 249. The van der Waals surface area contributed by atoms with Crippen molar-refractivity contribution >= 4 is 5.91 Å². The second kappa shape index (κ2) is 7.74. The van der Waals surface area contributed by atoms with Gasteiger partial charge in [0.25, 0.3) is 0 Å². The third-order valence-corrected chi connectivity index (χ3v) is 3.88. The van der Waals surface area contributed by atoms with Gasteiger partial charge in [0.1, 0.15) is 0 Å². The summed E-state index contributed by atoms with van der Waals surface area (Å²) in [6, 6.07) is 0.650. The number of hydrogen-bond donors (Lipinski definition) is 2. The summed E-state index contributed by atoms with van der Waals surface area (Å²) < 4.78 is 0. The Morgan fingerprint density at radius 3 is 2.39 bits per heavy atom. The first-order chi connectivity index (χ1) is 8.56. The lowest BCUT2D eigenvalue weighted by Crippen LogP contribution is -2.52. The summed E-state index contributed by atoms with van der Waals surface area (Å²) in [5.41, 5.74) is 5.62. The van der Waals surface area contributed by atoms with Gasteiger partial charge in [-0.15, -0.1) is 0 Å². The summed E-state index contributed by atoms with van der Waals surface area (Å²) in [6.45, 7) is 7.57. The topological polar surface area (TPSA) is 58.4 Å². The SMILES string of the molecule is CC(C)N(CCN)C(C)C(=O)NC1CCCCC1. The first-order valence-corrected chi connectivity index (χ1v) is 7.32. The molecule has 0 spiro atoms. The van der Waals surface area contributed by atoms with E-state index in [0.29, 0.717) is 18.6 Å². The summed E-state index contributed by atoms with van der Waals surface area (Å²) in [6.07, 6.45) is 6.08. The van der Waals surface area contributed by atoms with Gasteiger partial charge in [0.2, 0.25) is 5.91 Å². The van der Waals surface area contributed by atoms with E-state index in [1.54, 1.807) is 0 Å². The van der Waals surface area contributed by atoms with Crippen LogP contribution < -0.4 is 11.1 Å². The van der Waals surface area contributed by atoms with Crippen LogP contribution in [-0.4, -0.2) is 42.0 Å². The molecule has 4 nitrogen and oxygen atoms in total. The van der Waals surface area contributed by atoms with Crippen LogP contribution in [0.2, 0.25) is 0 Å². The standard InChI is InChI=1S/C14H29N3O/c1-11(2)17(10-9-15)12(3)14(18)16-13-7-5-4-6-8-13/h11-13H,4-10,15H2,1-3H3,(H,16,18). The van der Waals surface area contributed by atoms with E-state index in [-0.39, 0.29) is 11.9 Å². The Kier molecular flexibility index (Phi) is 6.65. The number of hydrogen-bond acceptors (Lipinski definition) is 3. The largest absolute Gasteiger partial charge is 0.352 e.